The highest BCUT2D eigenvalue weighted by molar-refractivity contribution is 5.99. The van der Waals surface area contributed by atoms with E-state index in [0.717, 1.165) is 29.9 Å². The van der Waals surface area contributed by atoms with Crippen molar-refractivity contribution >= 4 is 18.0 Å². The fraction of sp³-hybridized carbons (Fsp3) is 0.471. The van der Waals surface area contributed by atoms with Gasteiger partial charge in [0.05, 0.1) is 7.11 Å². The van der Waals surface area contributed by atoms with E-state index >= 15 is 0 Å². The molecule has 0 saturated heterocycles. The largest absolute Gasteiger partial charge is 0.466 e. The number of nitrogens with zero attached hydrogens (tertiary/aromatic N) is 2. The van der Waals surface area contributed by atoms with Crippen molar-refractivity contribution in [3.8, 4) is 6.07 Å². The second-order valence-electron chi connectivity index (χ2n) is 5.22. The Bertz CT molecular complexity index is 665. The van der Waals surface area contributed by atoms with E-state index < -0.39 is 18.0 Å². The number of ether oxygens (including phenoxy) is 2. The Morgan fingerprint density at radius 2 is 2.09 bits per heavy atom. The van der Waals surface area contributed by atoms with Crippen molar-refractivity contribution in [2.75, 3.05) is 7.11 Å². The summed E-state index contributed by atoms with van der Waals surface area (Å²) in [6, 6.07) is 3.74. The molecule has 0 aliphatic rings. The molecule has 0 spiro atoms. The van der Waals surface area contributed by atoms with Crippen molar-refractivity contribution in [1.29, 1.82) is 5.26 Å². The molecule has 1 aromatic rings. The summed E-state index contributed by atoms with van der Waals surface area (Å²) >= 11 is 0. The highest BCUT2D eigenvalue weighted by atomic mass is 16.6. The Kier molecular flexibility index (Phi) is 6.58. The first-order valence-electron chi connectivity index (χ1n) is 7.43. The van der Waals surface area contributed by atoms with E-state index in [1.54, 1.807) is 0 Å². The molecule has 0 N–H and O–H groups in total. The van der Waals surface area contributed by atoms with E-state index in [-0.39, 0.29) is 5.57 Å². The number of hydrogen-bond acceptors (Lipinski definition) is 5. The molecule has 1 heterocycles. The van der Waals surface area contributed by atoms with Crippen LogP contribution in [0.15, 0.2) is 11.6 Å². The second-order valence-corrected chi connectivity index (χ2v) is 5.22. The van der Waals surface area contributed by atoms with Crippen LogP contribution < -0.4 is 0 Å². The molecule has 0 bridgehead atoms. The molecule has 0 aliphatic carbocycles. The molecule has 0 aliphatic heterocycles. The normalized spacial score (nSPS) is 12.4. The lowest BCUT2D eigenvalue weighted by molar-refractivity contribution is -0.161. The van der Waals surface area contributed by atoms with Gasteiger partial charge >= 0.3 is 11.9 Å². The minimum Gasteiger partial charge on any atom is -0.466 e. The maximum Gasteiger partial charge on any atom is 0.349 e. The summed E-state index contributed by atoms with van der Waals surface area (Å²) in [5, 5.41) is 9.19. The van der Waals surface area contributed by atoms with Crippen LogP contribution in [0, 0.1) is 25.2 Å². The van der Waals surface area contributed by atoms with E-state index in [1.807, 2.05) is 26.0 Å². The number of hydrogen-bond donors (Lipinski definition) is 0. The topological polar surface area (TPSA) is 81.3 Å². The fourth-order valence-electron chi connectivity index (χ4n) is 2.27. The molecular formula is C17H22N2O4. The zero-order valence-electron chi connectivity index (χ0n) is 14.2. The summed E-state index contributed by atoms with van der Waals surface area (Å²) in [5.74, 6) is -1.51. The third kappa shape index (κ3) is 4.46. The minimum absolute atomic E-state index is 0.155. The Balaban J connectivity index is 3.04. The molecular weight excluding hydrogens is 296 g/mol. The number of methoxy groups -OCH3 is 1. The van der Waals surface area contributed by atoms with Crippen molar-refractivity contribution < 1.29 is 19.1 Å². The van der Waals surface area contributed by atoms with Crippen molar-refractivity contribution in [2.24, 2.45) is 0 Å². The van der Waals surface area contributed by atoms with Gasteiger partial charge in [-0.2, -0.15) is 5.26 Å². The number of carbonyl (C=O) groups is 2. The smallest absolute Gasteiger partial charge is 0.349 e. The zero-order chi connectivity index (χ0) is 17.6. The predicted octanol–water partition coefficient (Wildman–Crippen LogP) is 2.53. The lowest BCUT2D eigenvalue weighted by Gasteiger charge is -2.10. The average Bonchev–Trinajstić information content (AvgIpc) is 2.79. The third-order valence-corrected chi connectivity index (χ3v) is 3.52. The first-order valence-corrected chi connectivity index (χ1v) is 7.43. The fourth-order valence-corrected chi connectivity index (χ4v) is 2.27. The van der Waals surface area contributed by atoms with Gasteiger partial charge in [-0.1, -0.05) is 6.92 Å². The van der Waals surface area contributed by atoms with Crippen molar-refractivity contribution in [3.63, 3.8) is 0 Å². The SMILES string of the molecule is CCCn1c(C)cc(C=C(C#N)C(=O)OC(C)C(=O)OC)c1C. The summed E-state index contributed by atoms with van der Waals surface area (Å²) in [5.41, 5.74) is 2.67. The second kappa shape index (κ2) is 8.18. The minimum atomic E-state index is -1.06. The first kappa shape index (κ1) is 18.5. The van der Waals surface area contributed by atoms with Crippen molar-refractivity contribution in [2.45, 2.75) is 46.8 Å². The monoisotopic (exact) mass is 318 g/mol. The molecule has 0 aromatic carbocycles. The molecule has 6 heteroatoms. The predicted molar refractivity (Wildman–Crippen MR) is 85.4 cm³/mol. The van der Waals surface area contributed by atoms with Crippen LogP contribution in [0.3, 0.4) is 0 Å². The maximum absolute atomic E-state index is 12.0. The maximum atomic E-state index is 12.0. The van der Waals surface area contributed by atoms with Gasteiger partial charge in [0, 0.05) is 17.9 Å². The highest BCUT2D eigenvalue weighted by Gasteiger charge is 2.21. The molecule has 1 unspecified atom stereocenters. The number of rotatable bonds is 6. The summed E-state index contributed by atoms with van der Waals surface area (Å²) in [4.78, 5) is 23.3. The van der Waals surface area contributed by atoms with Crippen molar-refractivity contribution in [1.82, 2.24) is 4.57 Å². The number of aromatic nitrogens is 1. The Labute approximate surface area is 136 Å². The van der Waals surface area contributed by atoms with E-state index in [1.165, 1.54) is 20.1 Å². The van der Waals surface area contributed by atoms with Crippen LogP contribution in [-0.4, -0.2) is 29.7 Å². The molecule has 23 heavy (non-hydrogen) atoms. The number of aryl methyl sites for hydroxylation is 1. The molecule has 1 atom stereocenters. The molecule has 1 aromatic heterocycles. The molecule has 124 valence electrons. The number of nitriles is 1. The Morgan fingerprint density at radius 1 is 1.43 bits per heavy atom. The Hall–Kier alpha value is -2.55. The quantitative estimate of drug-likeness (QED) is 0.457. The zero-order valence-corrected chi connectivity index (χ0v) is 14.2. The van der Waals surface area contributed by atoms with Gasteiger partial charge in [-0.15, -0.1) is 0 Å². The van der Waals surface area contributed by atoms with Crippen LogP contribution in [0.5, 0.6) is 0 Å². The van der Waals surface area contributed by atoms with Gasteiger partial charge in [0.25, 0.3) is 0 Å². The van der Waals surface area contributed by atoms with Gasteiger partial charge in [-0.05, 0) is 44.9 Å². The van der Waals surface area contributed by atoms with Crippen LogP contribution in [0.2, 0.25) is 0 Å². The lowest BCUT2D eigenvalue weighted by Crippen LogP contribution is -2.25. The molecule has 0 amide bonds. The number of carbonyl (C=O) groups excluding carboxylic acids is 2. The third-order valence-electron chi connectivity index (χ3n) is 3.52. The average molecular weight is 318 g/mol. The molecule has 0 radical (unpaired) electrons. The standard InChI is InChI=1S/C17H22N2O4/c1-6-7-19-11(2)8-14(12(19)3)9-15(10-18)17(21)23-13(4)16(20)22-5/h8-9,13H,6-7H2,1-5H3. The molecule has 6 nitrogen and oxygen atoms in total. The Morgan fingerprint density at radius 3 is 2.61 bits per heavy atom. The van der Waals surface area contributed by atoms with Crippen molar-refractivity contribution in [3.05, 3.63) is 28.6 Å². The lowest BCUT2D eigenvalue weighted by atomic mass is 10.1. The van der Waals surface area contributed by atoms with Gasteiger partial charge in [-0.3, -0.25) is 0 Å². The van der Waals surface area contributed by atoms with Crippen LogP contribution in [0.4, 0.5) is 0 Å². The molecule has 1 rings (SSSR count). The van der Waals surface area contributed by atoms with Gasteiger partial charge in [0.1, 0.15) is 11.6 Å². The van der Waals surface area contributed by atoms with Crippen LogP contribution in [0.1, 0.15) is 37.2 Å². The number of esters is 2. The van der Waals surface area contributed by atoms with Gasteiger partial charge in [-0.25, -0.2) is 9.59 Å². The van der Waals surface area contributed by atoms with E-state index in [0.29, 0.717) is 0 Å². The van der Waals surface area contributed by atoms with Crippen LogP contribution in [0.25, 0.3) is 6.08 Å². The summed E-state index contributed by atoms with van der Waals surface area (Å²) in [6.45, 7) is 8.26. The van der Waals surface area contributed by atoms with Gasteiger partial charge in [0.2, 0.25) is 0 Å². The van der Waals surface area contributed by atoms with Crippen LogP contribution in [-0.2, 0) is 25.6 Å². The van der Waals surface area contributed by atoms with E-state index in [9.17, 15) is 14.9 Å². The van der Waals surface area contributed by atoms with Gasteiger partial charge < -0.3 is 14.0 Å². The summed E-state index contributed by atoms with van der Waals surface area (Å²) < 4.78 is 11.6. The first-order chi connectivity index (χ1) is 10.8. The molecule has 0 saturated carbocycles. The highest BCUT2D eigenvalue weighted by Crippen LogP contribution is 2.19. The molecule has 0 fully saturated rings. The van der Waals surface area contributed by atoms with E-state index in [4.69, 9.17) is 4.74 Å². The summed E-state index contributed by atoms with van der Waals surface area (Å²) in [7, 11) is 1.20. The van der Waals surface area contributed by atoms with E-state index in [2.05, 4.69) is 16.2 Å². The summed E-state index contributed by atoms with van der Waals surface area (Å²) in [6.07, 6.45) is 1.42. The van der Waals surface area contributed by atoms with Gasteiger partial charge in [0.15, 0.2) is 6.10 Å². The van der Waals surface area contributed by atoms with Crippen LogP contribution >= 0.6 is 0 Å².